The van der Waals surface area contributed by atoms with E-state index in [0.29, 0.717) is 0 Å². The molecule has 4 heteroatoms. The Morgan fingerprint density at radius 3 is 2.24 bits per heavy atom. The van der Waals surface area contributed by atoms with Crippen molar-refractivity contribution in [3.8, 4) is 0 Å². The average molecular weight is 239 g/mol. The predicted octanol–water partition coefficient (Wildman–Crippen LogP) is 2.00. The van der Waals surface area contributed by atoms with Crippen LogP contribution in [0.1, 0.15) is 27.7 Å². The molecule has 96 valence electrons. The maximum absolute atomic E-state index is 11.7. The number of nitrogens with one attached hydrogen (secondary N) is 1. The molecule has 17 heavy (non-hydrogen) atoms. The lowest BCUT2D eigenvalue weighted by molar-refractivity contribution is 0.0390. The molecule has 1 amide bonds. The highest BCUT2D eigenvalue weighted by Crippen LogP contribution is 2.24. The maximum atomic E-state index is 11.7. The Labute approximate surface area is 102 Å². The Morgan fingerprint density at radius 2 is 1.82 bits per heavy atom. The zero-order valence-electron chi connectivity index (χ0n) is 10.9. The average Bonchev–Trinajstić information content (AvgIpc) is 2.67. The van der Waals surface area contributed by atoms with Crippen molar-refractivity contribution in [2.24, 2.45) is 5.92 Å². The molecule has 0 saturated carbocycles. The van der Waals surface area contributed by atoms with Crippen molar-refractivity contribution in [1.29, 1.82) is 0 Å². The molecule has 4 nitrogen and oxygen atoms in total. The summed E-state index contributed by atoms with van der Waals surface area (Å²) >= 11 is 0. The number of aliphatic hydroxyl groups excluding tert-OH is 1. The van der Waals surface area contributed by atoms with E-state index < -0.39 is 17.2 Å². The number of rotatable bonds is 3. The molecule has 0 aromatic rings. The van der Waals surface area contributed by atoms with Crippen LogP contribution in [0.4, 0.5) is 4.79 Å². The number of hydrogen-bond donors (Lipinski definition) is 2. The summed E-state index contributed by atoms with van der Waals surface area (Å²) in [6.45, 7) is 7.06. The van der Waals surface area contributed by atoms with Gasteiger partial charge in [0.1, 0.15) is 5.60 Å². The number of allylic oxidation sites excluding steroid dienone is 2. The molecule has 0 aliphatic heterocycles. The van der Waals surface area contributed by atoms with E-state index in [4.69, 9.17) is 4.74 Å². The largest absolute Gasteiger partial charge is 0.444 e. The smallest absolute Gasteiger partial charge is 0.408 e. The van der Waals surface area contributed by atoms with E-state index >= 15 is 0 Å². The topological polar surface area (TPSA) is 58.6 Å². The standard InChI is InChI=1S/C13H21NO3/c1-12(2,3)17-11(16)14-13(4,9-15)10-7-5-6-8-10/h5-8,10,15H,9H2,1-4H3,(H,14,16)/t13-/m1/s1. The van der Waals surface area contributed by atoms with Gasteiger partial charge in [0, 0.05) is 5.92 Å². The van der Waals surface area contributed by atoms with Crippen LogP contribution in [0.15, 0.2) is 24.3 Å². The first-order valence-electron chi connectivity index (χ1n) is 5.74. The molecule has 2 N–H and O–H groups in total. The van der Waals surface area contributed by atoms with Crippen molar-refractivity contribution in [2.45, 2.75) is 38.8 Å². The van der Waals surface area contributed by atoms with Gasteiger partial charge in [0.2, 0.25) is 0 Å². The maximum Gasteiger partial charge on any atom is 0.408 e. The van der Waals surface area contributed by atoms with E-state index in [1.165, 1.54) is 0 Å². The molecule has 1 aliphatic rings. The van der Waals surface area contributed by atoms with Crippen molar-refractivity contribution in [3.63, 3.8) is 0 Å². The van der Waals surface area contributed by atoms with Gasteiger partial charge in [-0.1, -0.05) is 24.3 Å². The van der Waals surface area contributed by atoms with Crippen LogP contribution in [-0.2, 0) is 4.74 Å². The van der Waals surface area contributed by atoms with E-state index in [1.807, 2.05) is 24.3 Å². The molecule has 0 radical (unpaired) electrons. The van der Waals surface area contributed by atoms with Gasteiger partial charge in [-0.05, 0) is 27.7 Å². The molecule has 1 aliphatic carbocycles. The normalized spacial score (nSPS) is 19.1. The molecular formula is C13H21NO3. The third kappa shape index (κ3) is 3.89. The highest BCUT2D eigenvalue weighted by Gasteiger charge is 2.34. The molecule has 1 rings (SSSR count). The SMILES string of the molecule is CC(C)(C)OC(=O)N[C@](C)(CO)C1C=CC=C1. The van der Waals surface area contributed by atoms with Gasteiger partial charge in [-0.15, -0.1) is 0 Å². The third-order valence-electron chi connectivity index (χ3n) is 2.60. The summed E-state index contributed by atoms with van der Waals surface area (Å²) in [6.07, 6.45) is 7.16. The van der Waals surface area contributed by atoms with E-state index in [9.17, 15) is 9.90 Å². The van der Waals surface area contributed by atoms with Crippen LogP contribution in [0.25, 0.3) is 0 Å². The van der Waals surface area contributed by atoms with E-state index in [1.54, 1.807) is 27.7 Å². The third-order valence-corrected chi connectivity index (χ3v) is 2.60. The van der Waals surface area contributed by atoms with Gasteiger partial charge in [0.15, 0.2) is 0 Å². The van der Waals surface area contributed by atoms with Crippen LogP contribution in [0.3, 0.4) is 0 Å². The summed E-state index contributed by atoms with van der Waals surface area (Å²) in [5.41, 5.74) is -1.27. The molecule has 0 spiro atoms. The zero-order valence-corrected chi connectivity index (χ0v) is 10.9. The van der Waals surface area contributed by atoms with Crippen molar-refractivity contribution >= 4 is 6.09 Å². The lowest BCUT2D eigenvalue weighted by Crippen LogP contribution is -2.54. The molecular weight excluding hydrogens is 218 g/mol. The summed E-state index contributed by atoms with van der Waals surface area (Å²) in [4.78, 5) is 11.7. The quantitative estimate of drug-likeness (QED) is 0.792. The number of carbonyl (C=O) groups excluding carboxylic acids is 1. The van der Waals surface area contributed by atoms with Gasteiger partial charge in [0.25, 0.3) is 0 Å². The first-order chi connectivity index (χ1) is 7.77. The molecule has 0 saturated heterocycles. The Bertz CT molecular complexity index is 329. The Kier molecular flexibility index (Phi) is 3.98. The number of amides is 1. The number of ether oxygens (including phenoxy) is 1. The van der Waals surface area contributed by atoms with Crippen LogP contribution < -0.4 is 5.32 Å². The van der Waals surface area contributed by atoms with Crippen LogP contribution in [0.2, 0.25) is 0 Å². The highest BCUT2D eigenvalue weighted by molar-refractivity contribution is 5.69. The van der Waals surface area contributed by atoms with Crippen molar-refractivity contribution in [2.75, 3.05) is 6.61 Å². The Balaban J connectivity index is 2.66. The minimum Gasteiger partial charge on any atom is -0.444 e. The van der Waals surface area contributed by atoms with Gasteiger partial charge < -0.3 is 15.2 Å². The first kappa shape index (κ1) is 13.8. The zero-order chi connectivity index (χ0) is 13.1. The number of hydrogen-bond acceptors (Lipinski definition) is 3. The summed E-state index contributed by atoms with van der Waals surface area (Å²) in [6, 6.07) is 0. The van der Waals surface area contributed by atoms with Gasteiger partial charge in [-0.25, -0.2) is 4.79 Å². The fraction of sp³-hybridized carbons (Fsp3) is 0.615. The molecule has 0 aromatic heterocycles. The summed E-state index contributed by atoms with van der Waals surface area (Å²) in [5, 5.41) is 12.2. The van der Waals surface area contributed by atoms with Crippen LogP contribution in [-0.4, -0.2) is 28.9 Å². The fourth-order valence-electron chi connectivity index (χ4n) is 1.62. The minimum absolute atomic E-state index is 0.0139. The van der Waals surface area contributed by atoms with Crippen molar-refractivity contribution < 1.29 is 14.6 Å². The lowest BCUT2D eigenvalue weighted by Gasteiger charge is -2.33. The van der Waals surface area contributed by atoms with Gasteiger partial charge in [-0.3, -0.25) is 0 Å². The fourth-order valence-corrected chi connectivity index (χ4v) is 1.62. The monoisotopic (exact) mass is 239 g/mol. The number of carbonyl (C=O) groups is 1. The molecule has 0 bridgehead atoms. The molecule has 0 heterocycles. The summed E-state index contributed by atoms with van der Waals surface area (Å²) in [5.74, 6) is -0.0139. The highest BCUT2D eigenvalue weighted by atomic mass is 16.6. The number of aliphatic hydroxyl groups is 1. The van der Waals surface area contributed by atoms with E-state index in [0.717, 1.165) is 0 Å². The first-order valence-corrected chi connectivity index (χ1v) is 5.74. The predicted molar refractivity (Wildman–Crippen MR) is 66.6 cm³/mol. The number of alkyl carbamates (subject to hydrolysis) is 1. The molecule has 0 unspecified atom stereocenters. The molecule has 0 aromatic carbocycles. The second-order valence-corrected chi connectivity index (χ2v) is 5.50. The van der Waals surface area contributed by atoms with E-state index in [2.05, 4.69) is 5.32 Å². The van der Waals surface area contributed by atoms with Crippen LogP contribution in [0.5, 0.6) is 0 Å². The van der Waals surface area contributed by atoms with Gasteiger partial charge >= 0.3 is 6.09 Å². The van der Waals surface area contributed by atoms with Crippen LogP contribution in [0, 0.1) is 5.92 Å². The molecule has 0 fully saturated rings. The van der Waals surface area contributed by atoms with Crippen molar-refractivity contribution in [3.05, 3.63) is 24.3 Å². The van der Waals surface area contributed by atoms with Crippen molar-refractivity contribution in [1.82, 2.24) is 5.32 Å². The Morgan fingerprint density at radius 1 is 1.29 bits per heavy atom. The summed E-state index contributed by atoms with van der Waals surface area (Å²) in [7, 11) is 0. The lowest BCUT2D eigenvalue weighted by atomic mass is 9.87. The Hall–Kier alpha value is -1.29. The van der Waals surface area contributed by atoms with Crippen LogP contribution >= 0.6 is 0 Å². The molecule has 1 atom stereocenters. The summed E-state index contributed by atoms with van der Waals surface area (Å²) < 4.78 is 5.19. The second kappa shape index (κ2) is 4.92. The van der Waals surface area contributed by atoms with Gasteiger partial charge in [-0.2, -0.15) is 0 Å². The van der Waals surface area contributed by atoms with Gasteiger partial charge in [0.05, 0.1) is 12.1 Å². The second-order valence-electron chi connectivity index (χ2n) is 5.50. The minimum atomic E-state index is -0.730. The van der Waals surface area contributed by atoms with E-state index in [-0.39, 0.29) is 12.5 Å².